The lowest BCUT2D eigenvalue weighted by Crippen LogP contribution is -2.27. The number of nitrogens with zero attached hydrogens (tertiary/aromatic N) is 2. The molecule has 0 aliphatic heterocycles. The smallest absolute Gasteiger partial charge is 0.0638 e. The molecule has 3 heteroatoms. The number of nitriles is 1. The predicted octanol–water partition coefficient (Wildman–Crippen LogP) is 3.02. The van der Waals surface area contributed by atoms with E-state index >= 15 is 0 Å². The minimum Gasteiger partial charge on any atom is -0.309 e. The first-order valence-electron chi connectivity index (χ1n) is 6.27. The van der Waals surface area contributed by atoms with Gasteiger partial charge in [-0.25, -0.2) is 0 Å². The van der Waals surface area contributed by atoms with Gasteiger partial charge < -0.3 is 5.32 Å². The Morgan fingerprint density at radius 2 is 2.28 bits per heavy atom. The molecule has 1 N–H and O–H groups in total. The number of benzene rings is 1. The van der Waals surface area contributed by atoms with Gasteiger partial charge in [0.15, 0.2) is 0 Å². The van der Waals surface area contributed by atoms with E-state index in [9.17, 15) is 0 Å². The summed E-state index contributed by atoms with van der Waals surface area (Å²) in [6.07, 6.45) is 5.23. The predicted molar refractivity (Wildman–Crippen MR) is 72.9 cm³/mol. The van der Waals surface area contributed by atoms with Crippen LogP contribution in [-0.4, -0.2) is 11.0 Å². The molecular weight excluding hydrogens is 222 g/mol. The zero-order valence-corrected chi connectivity index (χ0v) is 10.6. The molecule has 0 spiro atoms. The Labute approximate surface area is 107 Å². The minimum atomic E-state index is 0.270. The van der Waals surface area contributed by atoms with Crippen molar-refractivity contribution >= 4 is 10.8 Å². The second-order valence-electron chi connectivity index (χ2n) is 4.36. The van der Waals surface area contributed by atoms with E-state index < -0.39 is 0 Å². The van der Waals surface area contributed by atoms with Crippen LogP contribution in [0.15, 0.2) is 36.7 Å². The van der Waals surface area contributed by atoms with E-state index in [4.69, 9.17) is 5.26 Å². The second kappa shape index (κ2) is 6.13. The number of hydrogen-bond donors (Lipinski definition) is 1. The van der Waals surface area contributed by atoms with Crippen molar-refractivity contribution in [2.45, 2.75) is 32.4 Å². The molecule has 0 amide bonds. The van der Waals surface area contributed by atoms with Crippen molar-refractivity contribution in [3.8, 4) is 6.07 Å². The van der Waals surface area contributed by atoms with Gasteiger partial charge in [0.05, 0.1) is 12.5 Å². The molecule has 1 aromatic heterocycles. The largest absolute Gasteiger partial charge is 0.309 e. The second-order valence-corrected chi connectivity index (χ2v) is 4.36. The number of nitrogens with one attached hydrogen (secondary N) is 1. The zero-order chi connectivity index (χ0) is 12.8. The van der Waals surface area contributed by atoms with Gasteiger partial charge in [-0.15, -0.1) is 0 Å². The molecular formula is C15H17N3. The molecule has 1 unspecified atom stereocenters. The molecule has 2 aromatic rings. The number of fused-ring (bicyclic) bond motifs is 1. The molecule has 1 aromatic carbocycles. The highest BCUT2D eigenvalue weighted by Crippen LogP contribution is 2.17. The van der Waals surface area contributed by atoms with Crippen molar-refractivity contribution in [2.75, 3.05) is 0 Å². The molecule has 0 radical (unpaired) electrons. The van der Waals surface area contributed by atoms with Gasteiger partial charge in [0, 0.05) is 30.4 Å². The molecule has 0 aliphatic rings. The molecule has 3 nitrogen and oxygen atoms in total. The van der Waals surface area contributed by atoms with E-state index in [1.165, 1.54) is 10.9 Å². The average Bonchev–Trinajstić information content (AvgIpc) is 2.43. The summed E-state index contributed by atoms with van der Waals surface area (Å²) in [6, 6.07) is 10.8. The molecule has 0 aliphatic carbocycles. The Kier molecular flexibility index (Phi) is 4.27. The van der Waals surface area contributed by atoms with Gasteiger partial charge in [0.25, 0.3) is 0 Å². The van der Waals surface area contributed by atoms with Crippen LogP contribution in [0.5, 0.6) is 0 Å². The summed E-state index contributed by atoms with van der Waals surface area (Å²) in [5.41, 5.74) is 1.26. The van der Waals surface area contributed by atoms with E-state index in [2.05, 4.69) is 35.4 Å². The zero-order valence-electron chi connectivity index (χ0n) is 10.6. The third-order valence-corrected chi connectivity index (χ3v) is 3.18. The maximum Gasteiger partial charge on any atom is 0.0638 e. The minimum absolute atomic E-state index is 0.270. The van der Waals surface area contributed by atoms with E-state index in [1.54, 1.807) is 0 Å². The summed E-state index contributed by atoms with van der Waals surface area (Å²) < 4.78 is 0. The van der Waals surface area contributed by atoms with Crippen molar-refractivity contribution in [1.29, 1.82) is 5.26 Å². The van der Waals surface area contributed by atoms with Crippen LogP contribution < -0.4 is 5.32 Å². The molecule has 0 fully saturated rings. The van der Waals surface area contributed by atoms with Crippen LogP contribution >= 0.6 is 0 Å². The molecule has 92 valence electrons. The Morgan fingerprint density at radius 1 is 1.39 bits per heavy atom. The van der Waals surface area contributed by atoms with Crippen molar-refractivity contribution in [3.05, 3.63) is 42.2 Å². The fourth-order valence-electron chi connectivity index (χ4n) is 2.07. The Bertz CT molecular complexity index is 552. The fourth-order valence-corrected chi connectivity index (χ4v) is 2.07. The third-order valence-electron chi connectivity index (χ3n) is 3.18. The van der Waals surface area contributed by atoms with E-state index in [1.807, 2.05) is 24.5 Å². The van der Waals surface area contributed by atoms with Gasteiger partial charge in [0.1, 0.15) is 0 Å². The number of rotatable bonds is 5. The highest BCUT2D eigenvalue weighted by atomic mass is 14.9. The monoisotopic (exact) mass is 239 g/mol. The lowest BCUT2D eigenvalue weighted by molar-refractivity contribution is 0.506. The summed E-state index contributed by atoms with van der Waals surface area (Å²) in [4.78, 5) is 4.13. The Hall–Kier alpha value is -1.92. The molecule has 1 atom stereocenters. The van der Waals surface area contributed by atoms with Crippen LogP contribution in [-0.2, 0) is 6.54 Å². The maximum absolute atomic E-state index is 8.74. The van der Waals surface area contributed by atoms with Crippen LogP contribution in [0.2, 0.25) is 0 Å². The topological polar surface area (TPSA) is 48.7 Å². The number of hydrogen-bond acceptors (Lipinski definition) is 3. The lowest BCUT2D eigenvalue weighted by Gasteiger charge is -2.14. The lowest BCUT2D eigenvalue weighted by atomic mass is 10.1. The normalized spacial score (nSPS) is 12.2. The first kappa shape index (κ1) is 12.5. The van der Waals surface area contributed by atoms with Gasteiger partial charge in [-0.05, 0) is 23.4 Å². The van der Waals surface area contributed by atoms with Crippen LogP contribution in [0, 0.1) is 11.3 Å². The van der Waals surface area contributed by atoms with Gasteiger partial charge in [-0.3, -0.25) is 4.98 Å². The van der Waals surface area contributed by atoms with Crippen LogP contribution in [0.25, 0.3) is 10.8 Å². The average molecular weight is 239 g/mol. The van der Waals surface area contributed by atoms with Crippen LogP contribution in [0.1, 0.15) is 25.3 Å². The van der Waals surface area contributed by atoms with E-state index in [0.29, 0.717) is 6.42 Å². The SMILES string of the molecule is CCC(CC#N)NCc1cccc2cnccc12. The van der Waals surface area contributed by atoms with Crippen LogP contribution in [0.4, 0.5) is 0 Å². The highest BCUT2D eigenvalue weighted by molar-refractivity contribution is 5.84. The van der Waals surface area contributed by atoms with Gasteiger partial charge in [-0.2, -0.15) is 5.26 Å². The third kappa shape index (κ3) is 2.85. The van der Waals surface area contributed by atoms with Crippen molar-refractivity contribution in [2.24, 2.45) is 0 Å². The quantitative estimate of drug-likeness (QED) is 0.872. The molecule has 1 heterocycles. The van der Waals surface area contributed by atoms with Crippen LogP contribution in [0.3, 0.4) is 0 Å². The Morgan fingerprint density at radius 3 is 3.06 bits per heavy atom. The molecule has 0 saturated heterocycles. The summed E-state index contributed by atoms with van der Waals surface area (Å²) >= 11 is 0. The molecule has 0 bridgehead atoms. The van der Waals surface area contributed by atoms with Crippen molar-refractivity contribution in [1.82, 2.24) is 10.3 Å². The molecule has 2 rings (SSSR count). The summed E-state index contributed by atoms with van der Waals surface area (Å²) in [7, 11) is 0. The van der Waals surface area contributed by atoms with Gasteiger partial charge in [-0.1, -0.05) is 25.1 Å². The highest BCUT2D eigenvalue weighted by Gasteiger charge is 2.06. The number of pyridine rings is 1. The summed E-state index contributed by atoms with van der Waals surface area (Å²) in [5, 5.41) is 14.6. The van der Waals surface area contributed by atoms with Gasteiger partial charge >= 0.3 is 0 Å². The molecule has 18 heavy (non-hydrogen) atoms. The first-order valence-corrected chi connectivity index (χ1v) is 6.27. The standard InChI is InChI=1S/C15H17N3/c1-2-14(6-8-16)18-11-13-5-3-4-12-10-17-9-7-15(12)13/h3-5,7,9-10,14,18H,2,6,11H2,1H3. The molecule has 0 saturated carbocycles. The van der Waals surface area contributed by atoms with E-state index in [0.717, 1.165) is 18.4 Å². The fraction of sp³-hybridized carbons (Fsp3) is 0.333. The number of aromatic nitrogens is 1. The first-order chi connectivity index (χ1) is 8.85. The summed E-state index contributed by atoms with van der Waals surface area (Å²) in [6.45, 7) is 2.89. The Balaban J connectivity index is 2.14. The van der Waals surface area contributed by atoms with Crippen molar-refractivity contribution < 1.29 is 0 Å². The van der Waals surface area contributed by atoms with E-state index in [-0.39, 0.29) is 6.04 Å². The van der Waals surface area contributed by atoms with Gasteiger partial charge in [0.2, 0.25) is 0 Å². The maximum atomic E-state index is 8.74. The van der Waals surface area contributed by atoms with Crippen molar-refractivity contribution in [3.63, 3.8) is 0 Å². The summed E-state index contributed by atoms with van der Waals surface area (Å²) in [5.74, 6) is 0.